The van der Waals surface area contributed by atoms with Gasteiger partial charge in [0, 0.05) is 44.3 Å². The second kappa shape index (κ2) is 13.3. The van der Waals surface area contributed by atoms with Gasteiger partial charge in [-0.15, -0.1) is 0 Å². The highest BCUT2D eigenvalue weighted by atomic mass is 32.1. The van der Waals surface area contributed by atoms with Crippen molar-refractivity contribution in [3.05, 3.63) is 109 Å². The molecule has 12 heteroatoms. The fraction of sp³-hybridized carbons (Fsp3) is 0.324. The smallest absolute Gasteiger partial charge is 0.338 e. The minimum absolute atomic E-state index is 0.0219. The van der Waals surface area contributed by atoms with Gasteiger partial charge >= 0.3 is 5.97 Å². The minimum Gasteiger partial charge on any atom is -0.484 e. The van der Waals surface area contributed by atoms with Crippen LogP contribution in [0.5, 0.6) is 5.75 Å². The zero-order valence-electron chi connectivity index (χ0n) is 26.3. The Hall–Kier alpha value is -4.81. The molecule has 1 amide bonds. The minimum atomic E-state index is -0.713. The second-order valence-corrected chi connectivity index (χ2v) is 12.6. The number of hydrogen-bond donors (Lipinski definition) is 0. The lowest BCUT2D eigenvalue weighted by atomic mass is 9.95. The van der Waals surface area contributed by atoms with Crippen LogP contribution in [0, 0.1) is 0 Å². The molecule has 238 valence electrons. The van der Waals surface area contributed by atoms with Gasteiger partial charge in [-0.05, 0) is 69.3 Å². The van der Waals surface area contributed by atoms with Crippen molar-refractivity contribution >= 4 is 29.3 Å². The number of nitrogens with zero attached hydrogens (tertiary/aromatic N) is 6. The number of piperazine rings is 1. The van der Waals surface area contributed by atoms with Crippen LogP contribution in [0.1, 0.15) is 37.9 Å². The number of fused-ring (bicyclic) bond motifs is 1. The van der Waals surface area contributed by atoms with Crippen molar-refractivity contribution in [2.75, 3.05) is 39.8 Å². The number of amides is 1. The van der Waals surface area contributed by atoms with Crippen molar-refractivity contribution in [1.82, 2.24) is 23.9 Å². The number of ether oxygens (including phenoxy) is 2. The molecule has 0 aliphatic carbocycles. The third kappa shape index (κ3) is 6.58. The molecule has 6 rings (SSSR count). The van der Waals surface area contributed by atoms with Gasteiger partial charge in [-0.3, -0.25) is 14.2 Å². The fourth-order valence-corrected chi connectivity index (χ4v) is 6.57. The van der Waals surface area contributed by atoms with E-state index in [1.165, 1.54) is 11.3 Å². The fourth-order valence-electron chi connectivity index (χ4n) is 5.52. The highest BCUT2D eigenvalue weighted by Gasteiger charge is 2.34. The van der Waals surface area contributed by atoms with E-state index in [0.29, 0.717) is 39.4 Å². The lowest BCUT2D eigenvalue weighted by Gasteiger charge is -2.32. The Morgan fingerprint density at radius 3 is 2.41 bits per heavy atom. The van der Waals surface area contributed by atoms with Crippen molar-refractivity contribution in [2.45, 2.75) is 32.9 Å². The van der Waals surface area contributed by atoms with Crippen molar-refractivity contribution in [1.29, 1.82) is 0 Å². The maximum Gasteiger partial charge on any atom is 0.338 e. The number of imidazole rings is 1. The van der Waals surface area contributed by atoms with Gasteiger partial charge < -0.3 is 23.8 Å². The van der Waals surface area contributed by atoms with E-state index in [-0.39, 0.29) is 24.2 Å². The molecule has 1 saturated heterocycles. The molecule has 46 heavy (non-hydrogen) atoms. The Bertz CT molecular complexity index is 1930. The average molecular weight is 641 g/mol. The second-order valence-electron chi connectivity index (χ2n) is 11.6. The Morgan fingerprint density at radius 1 is 1.04 bits per heavy atom. The summed E-state index contributed by atoms with van der Waals surface area (Å²) in [4.78, 5) is 53.3. The molecule has 0 saturated carbocycles. The summed E-state index contributed by atoms with van der Waals surface area (Å²) in [7, 11) is 2.05. The number of thiazole rings is 1. The third-order valence-electron chi connectivity index (χ3n) is 7.99. The van der Waals surface area contributed by atoms with Gasteiger partial charge in [-0.25, -0.2) is 14.8 Å². The first kappa shape index (κ1) is 31.2. The molecule has 1 fully saturated rings. The molecule has 4 heterocycles. The zero-order chi connectivity index (χ0) is 32.4. The molecule has 0 radical (unpaired) electrons. The summed E-state index contributed by atoms with van der Waals surface area (Å²) in [6.07, 6.45) is 6.72. The maximum atomic E-state index is 14.0. The Morgan fingerprint density at radius 2 is 1.76 bits per heavy atom. The molecule has 4 aromatic rings. The number of benzene rings is 2. The van der Waals surface area contributed by atoms with Crippen molar-refractivity contribution in [2.24, 2.45) is 4.99 Å². The lowest BCUT2D eigenvalue weighted by Crippen LogP contribution is -2.48. The third-order valence-corrected chi connectivity index (χ3v) is 8.97. The van der Waals surface area contributed by atoms with Gasteiger partial charge in [0.2, 0.25) is 0 Å². The molecule has 2 aromatic heterocycles. The number of allylic oxidation sites excluding steroid dienone is 1. The molecule has 0 N–H and O–H groups in total. The largest absolute Gasteiger partial charge is 0.484 e. The maximum absolute atomic E-state index is 14.0. The van der Waals surface area contributed by atoms with Crippen molar-refractivity contribution in [3.63, 3.8) is 0 Å². The number of esters is 1. The summed E-state index contributed by atoms with van der Waals surface area (Å²) >= 11 is 1.27. The van der Waals surface area contributed by atoms with Crippen LogP contribution in [0.2, 0.25) is 0 Å². The first-order chi connectivity index (χ1) is 22.2. The predicted octanol–water partition coefficient (Wildman–Crippen LogP) is 2.53. The summed E-state index contributed by atoms with van der Waals surface area (Å²) < 4.78 is 15.3. The standard InChI is InChI=1S/C34H36N6O5S/c1-22(2)45-33(43)30-23(3)36-34-40(31(30)25-7-9-26(10-8-25)39-14-13-35-21-39)32(42)28(46-34)19-24-5-11-27(12-6-24)44-20-29(41)38-17-15-37(4)16-18-38/h5-14,19,21-22,31H,15-18,20H2,1-4H3/b28-19-. The van der Waals surface area contributed by atoms with Gasteiger partial charge in [0.15, 0.2) is 11.4 Å². The summed E-state index contributed by atoms with van der Waals surface area (Å²) in [5.41, 5.74) is 3.03. The number of carbonyl (C=O) groups excluding carboxylic acids is 2. The van der Waals surface area contributed by atoms with Gasteiger partial charge in [-0.1, -0.05) is 35.6 Å². The van der Waals surface area contributed by atoms with Crippen LogP contribution in [-0.4, -0.2) is 81.7 Å². The van der Waals surface area contributed by atoms with Gasteiger partial charge in [0.1, 0.15) is 5.75 Å². The Kier molecular flexibility index (Phi) is 9.00. The molecule has 2 aliphatic heterocycles. The molecule has 1 atom stereocenters. The average Bonchev–Trinajstić information content (AvgIpc) is 3.68. The van der Waals surface area contributed by atoms with Crippen LogP contribution >= 0.6 is 11.3 Å². The lowest BCUT2D eigenvalue weighted by molar-refractivity contribution is -0.143. The van der Waals surface area contributed by atoms with E-state index in [2.05, 4.69) is 14.9 Å². The quantitative estimate of drug-likeness (QED) is 0.272. The van der Waals surface area contributed by atoms with Gasteiger partial charge in [0.05, 0.1) is 34.3 Å². The number of likely N-dealkylation sites (N-methyl/N-ethyl adjacent to an activating group) is 1. The van der Waals surface area contributed by atoms with Crippen molar-refractivity contribution < 1.29 is 19.1 Å². The van der Waals surface area contributed by atoms with E-state index in [0.717, 1.165) is 29.9 Å². The van der Waals surface area contributed by atoms with Crippen LogP contribution in [-0.2, 0) is 14.3 Å². The summed E-state index contributed by atoms with van der Waals surface area (Å²) in [5.74, 6) is 0.0382. The molecular formula is C34H36N6O5S. The molecule has 11 nitrogen and oxygen atoms in total. The molecule has 0 spiro atoms. The van der Waals surface area contributed by atoms with Crippen LogP contribution < -0.4 is 19.6 Å². The van der Waals surface area contributed by atoms with Gasteiger partial charge in [-0.2, -0.15) is 0 Å². The first-order valence-corrected chi connectivity index (χ1v) is 16.0. The SMILES string of the molecule is CC1=C(C(=O)OC(C)C)C(c2ccc(-n3ccnc3)cc2)n2c(s/c(=C\c3ccc(OCC(=O)N4CCN(C)CC4)cc3)c2=O)=N1. The van der Waals surface area contributed by atoms with E-state index in [1.54, 1.807) is 56.1 Å². The van der Waals surface area contributed by atoms with Gasteiger partial charge in [0.25, 0.3) is 11.5 Å². The zero-order valence-corrected chi connectivity index (χ0v) is 27.1. The Balaban J connectivity index is 1.28. The van der Waals surface area contributed by atoms with E-state index in [9.17, 15) is 14.4 Å². The predicted molar refractivity (Wildman–Crippen MR) is 175 cm³/mol. The van der Waals surface area contributed by atoms with Crippen molar-refractivity contribution in [3.8, 4) is 11.4 Å². The van der Waals surface area contributed by atoms with E-state index in [4.69, 9.17) is 9.47 Å². The molecule has 0 bridgehead atoms. The number of rotatable bonds is 8. The first-order valence-electron chi connectivity index (χ1n) is 15.2. The van der Waals surface area contributed by atoms with Crippen LogP contribution in [0.15, 0.2) is 88.3 Å². The van der Waals surface area contributed by atoms with Crippen LogP contribution in [0.4, 0.5) is 0 Å². The van der Waals surface area contributed by atoms with E-state index >= 15 is 0 Å². The number of aromatic nitrogens is 3. The summed E-state index contributed by atoms with van der Waals surface area (Å²) in [6, 6.07) is 14.2. The molecule has 1 unspecified atom stereocenters. The van der Waals surface area contributed by atoms with Crippen LogP contribution in [0.3, 0.4) is 0 Å². The normalized spacial score (nSPS) is 17.2. The van der Waals surface area contributed by atoms with E-state index < -0.39 is 12.0 Å². The van der Waals surface area contributed by atoms with E-state index in [1.807, 2.05) is 59.1 Å². The highest BCUT2D eigenvalue weighted by Crippen LogP contribution is 2.31. The Labute approximate surface area is 270 Å². The summed E-state index contributed by atoms with van der Waals surface area (Å²) in [6.45, 7) is 8.44. The topological polar surface area (TPSA) is 111 Å². The molecule has 2 aliphatic rings. The monoisotopic (exact) mass is 640 g/mol. The van der Waals surface area contributed by atoms with Crippen LogP contribution in [0.25, 0.3) is 11.8 Å². The molecular weight excluding hydrogens is 604 g/mol. The summed E-state index contributed by atoms with van der Waals surface area (Å²) in [5, 5.41) is 0. The number of hydrogen-bond acceptors (Lipinski definition) is 9. The highest BCUT2D eigenvalue weighted by molar-refractivity contribution is 7.07. The molecule has 2 aromatic carbocycles. The number of carbonyl (C=O) groups is 2.